The van der Waals surface area contributed by atoms with Crippen LogP contribution in [0.15, 0.2) is 29.2 Å². The maximum absolute atomic E-state index is 12.2. The standard InChI is InChI=1S/C14H22N2O2S/c1-11-3-6-13(9-11)16-19(17,18)14-7-4-12(5-8-14)10-15-2/h4-5,7-8,11,13,15-16H,3,6,9-10H2,1-2H3. The van der Waals surface area contributed by atoms with Gasteiger partial charge in [0.05, 0.1) is 4.90 Å². The Morgan fingerprint density at radius 3 is 2.42 bits per heavy atom. The van der Waals surface area contributed by atoms with E-state index in [2.05, 4.69) is 17.0 Å². The second-order valence-electron chi connectivity index (χ2n) is 5.41. The Bertz CT molecular complexity index is 511. The van der Waals surface area contributed by atoms with Gasteiger partial charge in [0.1, 0.15) is 0 Å². The third-order valence-electron chi connectivity index (χ3n) is 3.63. The first-order chi connectivity index (χ1) is 9.01. The minimum Gasteiger partial charge on any atom is -0.316 e. The summed E-state index contributed by atoms with van der Waals surface area (Å²) in [5.74, 6) is 0.616. The van der Waals surface area contributed by atoms with Gasteiger partial charge in [-0.2, -0.15) is 0 Å². The monoisotopic (exact) mass is 282 g/mol. The van der Waals surface area contributed by atoms with Crippen LogP contribution >= 0.6 is 0 Å². The molecule has 2 atom stereocenters. The molecule has 1 aromatic carbocycles. The maximum atomic E-state index is 12.2. The number of sulfonamides is 1. The lowest BCUT2D eigenvalue weighted by molar-refractivity contribution is 0.538. The highest BCUT2D eigenvalue weighted by Crippen LogP contribution is 2.26. The molecule has 1 fully saturated rings. The smallest absolute Gasteiger partial charge is 0.240 e. The van der Waals surface area contributed by atoms with Gasteiger partial charge in [-0.3, -0.25) is 0 Å². The number of hydrogen-bond donors (Lipinski definition) is 2. The highest BCUT2D eigenvalue weighted by atomic mass is 32.2. The van der Waals surface area contributed by atoms with Crippen LogP contribution < -0.4 is 10.0 Å². The fraction of sp³-hybridized carbons (Fsp3) is 0.571. The number of benzene rings is 1. The van der Waals surface area contributed by atoms with Crippen LogP contribution in [-0.2, 0) is 16.6 Å². The Morgan fingerprint density at radius 2 is 1.89 bits per heavy atom. The number of hydrogen-bond acceptors (Lipinski definition) is 3. The normalized spacial score (nSPS) is 23.7. The van der Waals surface area contributed by atoms with Gasteiger partial charge in [0, 0.05) is 12.6 Å². The van der Waals surface area contributed by atoms with Crippen LogP contribution in [0.2, 0.25) is 0 Å². The van der Waals surface area contributed by atoms with Crippen LogP contribution in [0.5, 0.6) is 0 Å². The summed E-state index contributed by atoms with van der Waals surface area (Å²) in [7, 11) is -1.50. The lowest BCUT2D eigenvalue weighted by Crippen LogP contribution is -2.32. The van der Waals surface area contributed by atoms with Crippen LogP contribution in [0.3, 0.4) is 0 Å². The molecule has 0 aromatic heterocycles. The molecule has 0 saturated heterocycles. The third kappa shape index (κ3) is 3.78. The van der Waals surface area contributed by atoms with Crippen LogP contribution in [0, 0.1) is 5.92 Å². The van der Waals surface area contributed by atoms with Crippen molar-refractivity contribution in [2.75, 3.05) is 7.05 Å². The van der Waals surface area contributed by atoms with Gasteiger partial charge in [-0.25, -0.2) is 13.1 Å². The molecule has 4 nitrogen and oxygen atoms in total. The Hall–Kier alpha value is -0.910. The molecule has 1 saturated carbocycles. The van der Waals surface area contributed by atoms with Crippen LogP contribution in [0.1, 0.15) is 31.7 Å². The molecular formula is C14H22N2O2S. The first-order valence-corrected chi connectivity index (χ1v) is 8.25. The van der Waals surface area contributed by atoms with Crippen LogP contribution in [0.4, 0.5) is 0 Å². The maximum Gasteiger partial charge on any atom is 0.240 e. The molecule has 1 aliphatic carbocycles. The van der Waals surface area contributed by atoms with Crippen molar-refractivity contribution in [1.29, 1.82) is 0 Å². The van der Waals surface area contributed by atoms with Crippen molar-refractivity contribution >= 4 is 10.0 Å². The zero-order valence-electron chi connectivity index (χ0n) is 11.5. The van der Waals surface area contributed by atoms with E-state index in [4.69, 9.17) is 0 Å². The van der Waals surface area contributed by atoms with Crippen molar-refractivity contribution in [3.05, 3.63) is 29.8 Å². The molecular weight excluding hydrogens is 260 g/mol. The Kier molecular flexibility index (Phi) is 4.60. The quantitative estimate of drug-likeness (QED) is 0.867. The summed E-state index contributed by atoms with van der Waals surface area (Å²) < 4.78 is 27.3. The van der Waals surface area contributed by atoms with Gasteiger partial charge in [0.25, 0.3) is 0 Å². The van der Waals surface area contributed by atoms with E-state index >= 15 is 0 Å². The predicted molar refractivity (Wildman–Crippen MR) is 76.3 cm³/mol. The number of nitrogens with one attached hydrogen (secondary N) is 2. The Morgan fingerprint density at radius 1 is 1.21 bits per heavy atom. The van der Waals surface area contributed by atoms with E-state index in [1.54, 1.807) is 12.1 Å². The summed E-state index contributed by atoms with van der Waals surface area (Å²) >= 11 is 0. The molecule has 0 spiro atoms. The molecule has 2 rings (SSSR count). The van der Waals surface area contributed by atoms with E-state index in [1.807, 2.05) is 19.2 Å². The van der Waals surface area contributed by atoms with E-state index < -0.39 is 10.0 Å². The fourth-order valence-electron chi connectivity index (χ4n) is 2.59. The van der Waals surface area contributed by atoms with Gasteiger partial charge in [0.2, 0.25) is 10.0 Å². The second kappa shape index (κ2) is 6.03. The van der Waals surface area contributed by atoms with Crippen molar-refractivity contribution in [1.82, 2.24) is 10.0 Å². The molecule has 0 radical (unpaired) electrons. The minimum atomic E-state index is -3.37. The molecule has 5 heteroatoms. The first-order valence-electron chi connectivity index (χ1n) is 6.77. The summed E-state index contributed by atoms with van der Waals surface area (Å²) in [6.07, 6.45) is 2.99. The van der Waals surface area contributed by atoms with Crippen LogP contribution in [-0.4, -0.2) is 21.5 Å². The largest absolute Gasteiger partial charge is 0.316 e. The molecule has 2 unspecified atom stereocenters. The van der Waals surface area contributed by atoms with Crippen molar-refractivity contribution in [3.8, 4) is 0 Å². The molecule has 2 N–H and O–H groups in total. The van der Waals surface area contributed by atoms with Gasteiger partial charge in [-0.05, 0) is 49.9 Å². The second-order valence-corrected chi connectivity index (χ2v) is 7.12. The van der Waals surface area contributed by atoms with E-state index in [0.717, 1.165) is 31.4 Å². The van der Waals surface area contributed by atoms with Gasteiger partial charge in [0.15, 0.2) is 0 Å². The molecule has 106 valence electrons. The summed E-state index contributed by atoms with van der Waals surface area (Å²) in [5.41, 5.74) is 1.08. The zero-order chi connectivity index (χ0) is 13.9. The minimum absolute atomic E-state index is 0.0944. The van der Waals surface area contributed by atoms with E-state index in [1.165, 1.54) is 0 Å². The third-order valence-corrected chi connectivity index (χ3v) is 5.17. The SMILES string of the molecule is CNCc1ccc(S(=O)(=O)NC2CCC(C)C2)cc1. The zero-order valence-corrected chi connectivity index (χ0v) is 12.3. The average molecular weight is 282 g/mol. The molecule has 1 aliphatic rings. The molecule has 0 amide bonds. The summed E-state index contributed by atoms with van der Waals surface area (Å²) in [6.45, 7) is 2.91. The van der Waals surface area contributed by atoms with Gasteiger partial charge >= 0.3 is 0 Å². The van der Waals surface area contributed by atoms with Gasteiger partial charge in [-0.15, -0.1) is 0 Å². The van der Waals surface area contributed by atoms with Crippen LogP contribution in [0.25, 0.3) is 0 Å². The van der Waals surface area contributed by atoms with Crippen molar-refractivity contribution in [2.24, 2.45) is 5.92 Å². The molecule has 19 heavy (non-hydrogen) atoms. The highest BCUT2D eigenvalue weighted by Gasteiger charge is 2.26. The van der Waals surface area contributed by atoms with Gasteiger partial charge in [-0.1, -0.05) is 19.1 Å². The first kappa shape index (κ1) is 14.5. The molecule has 0 bridgehead atoms. The number of rotatable bonds is 5. The van der Waals surface area contributed by atoms with E-state index in [0.29, 0.717) is 10.8 Å². The van der Waals surface area contributed by atoms with Gasteiger partial charge < -0.3 is 5.32 Å². The summed E-state index contributed by atoms with van der Waals surface area (Å²) in [4.78, 5) is 0.354. The van der Waals surface area contributed by atoms with Crippen molar-refractivity contribution < 1.29 is 8.42 Å². The topological polar surface area (TPSA) is 58.2 Å². The highest BCUT2D eigenvalue weighted by molar-refractivity contribution is 7.89. The summed E-state index contributed by atoms with van der Waals surface area (Å²) in [5, 5.41) is 3.04. The van der Waals surface area contributed by atoms with Crippen molar-refractivity contribution in [3.63, 3.8) is 0 Å². The fourth-order valence-corrected chi connectivity index (χ4v) is 3.88. The average Bonchev–Trinajstić information content (AvgIpc) is 2.75. The molecule has 0 aliphatic heterocycles. The van der Waals surface area contributed by atoms with E-state index in [9.17, 15) is 8.42 Å². The Labute approximate surface area is 115 Å². The molecule has 1 aromatic rings. The molecule has 0 heterocycles. The van der Waals surface area contributed by atoms with Crippen molar-refractivity contribution in [2.45, 2.75) is 43.7 Å². The predicted octanol–water partition coefficient (Wildman–Crippen LogP) is 1.87. The Balaban J connectivity index is 2.06. The lowest BCUT2D eigenvalue weighted by Gasteiger charge is -2.13. The lowest BCUT2D eigenvalue weighted by atomic mass is 10.1. The summed E-state index contributed by atoms with van der Waals surface area (Å²) in [6, 6.07) is 7.14. The van der Waals surface area contributed by atoms with E-state index in [-0.39, 0.29) is 6.04 Å².